The van der Waals surface area contributed by atoms with Gasteiger partial charge in [0, 0.05) is 28.2 Å². The molecular weight excluding hydrogens is 298 g/mol. The minimum absolute atomic E-state index is 0.00829. The molecular formula is C16H19N3O2S. The van der Waals surface area contributed by atoms with E-state index in [4.69, 9.17) is 11.5 Å². The van der Waals surface area contributed by atoms with Crippen molar-refractivity contribution in [3.8, 4) is 0 Å². The summed E-state index contributed by atoms with van der Waals surface area (Å²) in [6.45, 7) is 0.314. The summed E-state index contributed by atoms with van der Waals surface area (Å²) in [6, 6.07) is 3.84. The number of benzene rings is 1. The first-order valence-electron chi connectivity index (χ1n) is 7.32. The predicted octanol–water partition coefficient (Wildman–Crippen LogP) is 1.61. The maximum atomic E-state index is 13.0. The van der Waals surface area contributed by atoms with Crippen molar-refractivity contribution in [3.63, 3.8) is 0 Å². The summed E-state index contributed by atoms with van der Waals surface area (Å²) < 4.78 is 0. The molecule has 1 unspecified atom stereocenters. The zero-order chi connectivity index (χ0) is 15.9. The molecule has 1 atom stereocenters. The lowest BCUT2D eigenvalue weighted by atomic mass is 9.85. The largest absolute Gasteiger partial charge is 0.369 e. The molecule has 5 N–H and O–H groups in total. The molecule has 3 rings (SSSR count). The average Bonchev–Trinajstić information content (AvgIpc) is 2.53. The summed E-state index contributed by atoms with van der Waals surface area (Å²) in [5.74, 6) is -0.780. The van der Waals surface area contributed by atoms with Crippen LogP contribution in [-0.4, -0.2) is 17.1 Å². The van der Waals surface area contributed by atoms with Gasteiger partial charge in [-0.2, -0.15) is 0 Å². The summed E-state index contributed by atoms with van der Waals surface area (Å²) in [7, 11) is 0. The van der Waals surface area contributed by atoms with Crippen LogP contribution in [0.4, 0.5) is 0 Å². The number of H-pyrrole nitrogens is 1. The Kier molecular flexibility index (Phi) is 3.97. The quantitative estimate of drug-likeness (QED) is 0.748. The zero-order valence-corrected chi connectivity index (χ0v) is 13.3. The summed E-state index contributed by atoms with van der Waals surface area (Å²) in [5.41, 5.74) is 14.3. The van der Waals surface area contributed by atoms with Crippen molar-refractivity contribution in [3.05, 3.63) is 39.2 Å². The number of hydrogen-bond acceptors (Lipinski definition) is 4. The van der Waals surface area contributed by atoms with Gasteiger partial charge in [-0.15, -0.1) is 11.8 Å². The summed E-state index contributed by atoms with van der Waals surface area (Å²) in [5, 5.41) is 0.651. The first-order chi connectivity index (χ1) is 10.6. The smallest absolute Gasteiger partial charge is 0.226 e. The number of fused-ring (bicyclic) bond motifs is 2. The maximum Gasteiger partial charge on any atom is 0.226 e. The van der Waals surface area contributed by atoms with Gasteiger partial charge in [0.25, 0.3) is 0 Å². The molecule has 116 valence electrons. The van der Waals surface area contributed by atoms with Crippen LogP contribution < -0.4 is 16.9 Å². The molecule has 1 aromatic carbocycles. The van der Waals surface area contributed by atoms with E-state index in [1.165, 1.54) is 0 Å². The van der Waals surface area contributed by atoms with E-state index in [0.29, 0.717) is 36.0 Å². The number of thioether (sulfide) groups is 1. The fourth-order valence-corrected chi connectivity index (χ4v) is 3.97. The van der Waals surface area contributed by atoms with E-state index < -0.39 is 5.92 Å². The molecule has 0 spiro atoms. The highest BCUT2D eigenvalue weighted by atomic mass is 32.2. The second-order valence-corrected chi connectivity index (χ2v) is 6.41. The van der Waals surface area contributed by atoms with Crippen molar-refractivity contribution in [2.24, 2.45) is 11.5 Å². The molecule has 0 saturated carbocycles. The van der Waals surface area contributed by atoms with Crippen molar-refractivity contribution in [2.45, 2.75) is 36.6 Å². The Bertz CT molecular complexity index is 813. The first-order valence-corrected chi connectivity index (χ1v) is 8.55. The molecule has 0 radical (unpaired) electrons. The number of hydrogen-bond donors (Lipinski definition) is 3. The minimum atomic E-state index is -0.401. The molecule has 1 aliphatic carbocycles. The van der Waals surface area contributed by atoms with Crippen LogP contribution in [-0.2, 0) is 17.8 Å². The van der Waals surface area contributed by atoms with E-state index in [2.05, 4.69) is 4.98 Å². The maximum absolute atomic E-state index is 13.0. The zero-order valence-electron chi connectivity index (χ0n) is 12.4. The monoisotopic (exact) mass is 317 g/mol. The minimum Gasteiger partial charge on any atom is -0.369 e. The number of pyridine rings is 1. The number of nitrogens with two attached hydrogens (primary N) is 2. The van der Waals surface area contributed by atoms with Gasteiger partial charge in [-0.1, -0.05) is 0 Å². The highest BCUT2D eigenvalue weighted by molar-refractivity contribution is 7.98. The standard InChI is InChI=1S/C16H19N3O2S/c1-22-12-6-5-11-13(10(12)7-17)15(20)8-3-2-4-9(16(18)21)14(8)19-11/h5-6,9H,2-4,7,17H2,1H3,(H2,18,21)(H,19,20). The Morgan fingerprint density at radius 1 is 1.45 bits per heavy atom. The molecule has 0 fully saturated rings. The van der Waals surface area contributed by atoms with Crippen LogP contribution in [0.15, 0.2) is 21.8 Å². The third-order valence-corrected chi connectivity index (χ3v) is 5.22. The molecule has 0 bridgehead atoms. The number of aromatic amines is 1. The third kappa shape index (κ3) is 2.23. The number of aromatic nitrogens is 1. The van der Waals surface area contributed by atoms with Crippen LogP contribution in [0.3, 0.4) is 0 Å². The van der Waals surface area contributed by atoms with Crippen LogP contribution >= 0.6 is 11.8 Å². The topological polar surface area (TPSA) is 102 Å². The third-order valence-electron chi connectivity index (χ3n) is 4.40. The number of carbonyl (C=O) groups is 1. The number of carbonyl (C=O) groups excluding carboxylic acids is 1. The molecule has 2 aromatic rings. The molecule has 0 saturated heterocycles. The fourth-order valence-electron chi connectivity index (χ4n) is 3.34. The number of primary amides is 1. The van der Waals surface area contributed by atoms with E-state index in [-0.39, 0.29) is 11.3 Å². The number of nitrogens with one attached hydrogen (secondary N) is 1. The Hall–Kier alpha value is -1.79. The van der Waals surface area contributed by atoms with Gasteiger partial charge < -0.3 is 16.5 Å². The molecule has 0 aliphatic heterocycles. The first kappa shape index (κ1) is 15.1. The SMILES string of the molecule is CSc1ccc2[nH]c3c(c(=O)c2c1CN)CCCC3C(N)=O. The van der Waals surface area contributed by atoms with Gasteiger partial charge in [-0.05, 0) is 43.2 Å². The lowest BCUT2D eigenvalue weighted by Gasteiger charge is -2.23. The second-order valence-electron chi connectivity index (χ2n) is 5.57. The Balaban J connectivity index is 2.37. The predicted molar refractivity (Wildman–Crippen MR) is 89.1 cm³/mol. The van der Waals surface area contributed by atoms with Crippen molar-refractivity contribution >= 4 is 28.6 Å². The van der Waals surface area contributed by atoms with E-state index in [1.54, 1.807) is 11.8 Å². The van der Waals surface area contributed by atoms with Crippen LogP contribution in [0.5, 0.6) is 0 Å². The highest BCUT2D eigenvalue weighted by Crippen LogP contribution is 2.32. The Morgan fingerprint density at radius 3 is 2.86 bits per heavy atom. The summed E-state index contributed by atoms with van der Waals surface area (Å²) in [6.07, 6.45) is 4.14. The van der Waals surface area contributed by atoms with E-state index in [1.807, 2.05) is 18.4 Å². The van der Waals surface area contributed by atoms with E-state index >= 15 is 0 Å². The molecule has 22 heavy (non-hydrogen) atoms. The van der Waals surface area contributed by atoms with Crippen LogP contribution in [0, 0.1) is 0 Å². The van der Waals surface area contributed by atoms with Gasteiger partial charge in [0.1, 0.15) is 0 Å². The van der Waals surface area contributed by atoms with Crippen molar-refractivity contribution in [2.75, 3.05) is 6.26 Å². The fraction of sp³-hybridized carbons (Fsp3) is 0.375. The molecule has 5 nitrogen and oxygen atoms in total. The summed E-state index contributed by atoms with van der Waals surface area (Å²) in [4.78, 5) is 28.9. The van der Waals surface area contributed by atoms with Gasteiger partial charge in [0.2, 0.25) is 5.91 Å². The van der Waals surface area contributed by atoms with Crippen molar-refractivity contribution in [1.29, 1.82) is 0 Å². The summed E-state index contributed by atoms with van der Waals surface area (Å²) >= 11 is 1.58. The molecule has 1 aromatic heterocycles. The van der Waals surface area contributed by atoms with Gasteiger partial charge in [0.05, 0.1) is 11.3 Å². The lowest BCUT2D eigenvalue weighted by Crippen LogP contribution is -2.30. The average molecular weight is 317 g/mol. The van der Waals surface area contributed by atoms with Crippen molar-refractivity contribution < 1.29 is 4.79 Å². The highest BCUT2D eigenvalue weighted by Gasteiger charge is 2.28. The van der Waals surface area contributed by atoms with E-state index in [0.717, 1.165) is 22.4 Å². The number of rotatable bonds is 3. The van der Waals surface area contributed by atoms with E-state index in [9.17, 15) is 9.59 Å². The van der Waals surface area contributed by atoms with Crippen LogP contribution in [0.25, 0.3) is 10.9 Å². The number of amides is 1. The molecule has 1 heterocycles. The van der Waals surface area contributed by atoms with Gasteiger partial charge in [-0.25, -0.2) is 0 Å². The van der Waals surface area contributed by atoms with Gasteiger partial charge >= 0.3 is 0 Å². The van der Waals surface area contributed by atoms with Crippen LogP contribution in [0.1, 0.15) is 35.6 Å². The normalized spacial score (nSPS) is 17.5. The van der Waals surface area contributed by atoms with Crippen LogP contribution in [0.2, 0.25) is 0 Å². The lowest BCUT2D eigenvalue weighted by molar-refractivity contribution is -0.119. The Labute approximate surface area is 132 Å². The Morgan fingerprint density at radius 2 is 2.23 bits per heavy atom. The molecule has 6 heteroatoms. The molecule has 1 amide bonds. The second kappa shape index (κ2) is 5.78. The van der Waals surface area contributed by atoms with Gasteiger partial charge in [0.15, 0.2) is 5.43 Å². The molecule has 1 aliphatic rings. The van der Waals surface area contributed by atoms with Gasteiger partial charge in [-0.3, -0.25) is 9.59 Å². The van der Waals surface area contributed by atoms with Crippen molar-refractivity contribution in [1.82, 2.24) is 4.98 Å².